The van der Waals surface area contributed by atoms with E-state index in [4.69, 9.17) is 0 Å². The standard InChI is InChI=1S/C11H20O3/c1-7-6-9(2,3)11(14,8(12)13)10(7,4)5/h7,14H,6H2,1-5H3,(H,12,13). The van der Waals surface area contributed by atoms with Crippen LogP contribution in [0.25, 0.3) is 0 Å². The maximum atomic E-state index is 11.3. The van der Waals surface area contributed by atoms with Crippen molar-refractivity contribution in [1.29, 1.82) is 0 Å². The van der Waals surface area contributed by atoms with Crippen molar-refractivity contribution in [3.63, 3.8) is 0 Å². The Morgan fingerprint density at radius 3 is 1.86 bits per heavy atom. The van der Waals surface area contributed by atoms with Crippen molar-refractivity contribution < 1.29 is 15.0 Å². The fourth-order valence-electron chi connectivity index (χ4n) is 2.96. The van der Waals surface area contributed by atoms with Crippen LogP contribution < -0.4 is 0 Å². The van der Waals surface area contributed by atoms with E-state index in [1.165, 1.54) is 0 Å². The number of rotatable bonds is 1. The minimum atomic E-state index is -1.63. The van der Waals surface area contributed by atoms with Gasteiger partial charge in [0.2, 0.25) is 0 Å². The van der Waals surface area contributed by atoms with Gasteiger partial charge in [-0.05, 0) is 12.3 Å². The van der Waals surface area contributed by atoms with E-state index < -0.39 is 22.4 Å². The molecule has 3 heteroatoms. The van der Waals surface area contributed by atoms with E-state index in [-0.39, 0.29) is 5.92 Å². The highest BCUT2D eigenvalue weighted by molar-refractivity contribution is 5.80. The zero-order chi connectivity index (χ0) is 11.4. The maximum absolute atomic E-state index is 11.3. The highest BCUT2D eigenvalue weighted by atomic mass is 16.4. The summed E-state index contributed by atoms with van der Waals surface area (Å²) in [7, 11) is 0. The summed E-state index contributed by atoms with van der Waals surface area (Å²) in [6.07, 6.45) is 0.739. The first kappa shape index (κ1) is 11.5. The highest BCUT2D eigenvalue weighted by Gasteiger charge is 2.66. The summed E-state index contributed by atoms with van der Waals surface area (Å²) in [5.74, 6) is -0.893. The molecule has 0 saturated heterocycles. The number of hydrogen-bond acceptors (Lipinski definition) is 2. The fraction of sp³-hybridized carbons (Fsp3) is 0.909. The van der Waals surface area contributed by atoms with Crippen LogP contribution >= 0.6 is 0 Å². The smallest absolute Gasteiger partial charge is 0.336 e. The summed E-state index contributed by atoms with van der Waals surface area (Å²) < 4.78 is 0. The second kappa shape index (κ2) is 2.72. The summed E-state index contributed by atoms with van der Waals surface area (Å²) in [5.41, 5.74) is -2.77. The SMILES string of the molecule is CC1CC(C)(C)C(O)(C(=O)O)C1(C)C. The Morgan fingerprint density at radius 2 is 1.71 bits per heavy atom. The van der Waals surface area contributed by atoms with Gasteiger partial charge in [-0.1, -0.05) is 34.6 Å². The third-order valence-electron chi connectivity index (χ3n) is 4.27. The Balaban J connectivity index is 3.31. The van der Waals surface area contributed by atoms with Gasteiger partial charge < -0.3 is 10.2 Å². The van der Waals surface area contributed by atoms with Crippen molar-refractivity contribution in [2.24, 2.45) is 16.7 Å². The molecule has 0 bridgehead atoms. The van der Waals surface area contributed by atoms with Crippen LogP contribution in [-0.2, 0) is 4.79 Å². The van der Waals surface area contributed by atoms with E-state index in [1.807, 2.05) is 34.6 Å². The van der Waals surface area contributed by atoms with Gasteiger partial charge in [0, 0.05) is 10.8 Å². The number of carboxylic acids is 1. The second-order valence-corrected chi connectivity index (χ2v) is 5.73. The highest BCUT2D eigenvalue weighted by Crippen LogP contribution is 2.59. The lowest BCUT2D eigenvalue weighted by molar-refractivity contribution is -0.185. The molecule has 0 aromatic rings. The predicted molar refractivity (Wildman–Crippen MR) is 53.9 cm³/mol. The molecular weight excluding hydrogens is 180 g/mol. The summed E-state index contributed by atoms with van der Waals surface area (Å²) in [6.45, 7) is 9.32. The van der Waals surface area contributed by atoms with E-state index in [1.54, 1.807) is 0 Å². The first-order valence-electron chi connectivity index (χ1n) is 5.03. The van der Waals surface area contributed by atoms with Crippen LogP contribution in [0, 0.1) is 16.7 Å². The molecule has 3 nitrogen and oxygen atoms in total. The van der Waals surface area contributed by atoms with Crippen LogP contribution in [0.2, 0.25) is 0 Å². The summed E-state index contributed by atoms with van der Waals surface area (Å²) in [5, 5.41) is 19.6. The van der Waals surface area contributed by atoms with Crippen molar-refractivity contribution in [1.82, 2.24) is 0 Å². The first-order chi connectivity index (χ1) is 6.07. The molecule has 0 spiro atoms. The molecule has 1 fully saturated rings. The molecule has 14 heavy (non-hydrogen) atoms. The first-order valence-corrected chi connectivity index (χ1v) is 5.03. The molecule has 1 aliphatic carbocycles. The average Bonchev–Trinajstić information content (AvgIpc) is 2.10. The Kier molecular flexibility index (Phi) is 2.24. The summed E-state index contributed by atoms with van der Waals surface area (Å²) in [4.78, 5) is 11.3. The van der Waals surface area contributed by atoms with Crippen molar-refractivity contribution in [3.8, 4) is 0 Å². The van der Waals surface area contributed by atoms with E-state index >= 15 is 0 Å². The Labute approximate surface area is 85.1 Å². The van der Waals surface area contributed by atoms with Gasteiger partial charge >= 0.3 is 5.97 Å². The van der Waals surface area contributed by atoms with Gasteiger partial charge in [0.05, 0.1) is 0 Å². The van der Waals surface area contributed by atoms with Gasteiger partial charge in [-0.25, -0.2) is 4.79 Å². The number of carbonyl (C=O) groups is 1. The molecule has 1 saturated carbocycles. The zero-order valence-electron chi connectivity index (χ0n) is 9.59. The molecule has 0 amide bonds. The summed E-state index contributed by atoms with van der Waals surface area (Å²) >= 11 is 0. The van der Waals surface area contributed by atoms with Crippen molar-refractivity contribution in [2.45, 2.75) is 46.6 Å². The van der Waals surface area contributed by atoms with E-state index in [9.17, 15) is 15.0 Å². The van der Waals surface area contributed by atoms with Crippen LogP contribution in [0.4, 0.5) is 0 Å². The number of aliphatic hydroxyl groups is 1. The quantitative estimate of drug-likeness (QED) is 0.679. The lowest BCUT2D eigenvalue weighted by Gasteiger charge is -2.41. The van der Waals surface area contributed by atoms with Crippen LogP contribution in [0.5, 0.6) is 0 Å². The third kappa shape index (κ3) is 1.05. The van der Waals surface area contributed by atoms with Crippen molar-refractivity contribution in [3.05, 3.63) is 0 Å². The minimum Gasteiger partial charge on any atom is -0.479 e. The molecule has 1 aliphatic rings. The van der Waals surface area contributed by atoms with E-state index in [0.717, 1.165) is 6.42 Å². The normalized spacial score (nSPS) is 39.7. The predicted octanol–water partition coefficient (Wildman–Crippen LogP) is 1.89. The Bertz CT molecular complexity index is 268. The molecule has 0 aromatic carbocycles. The van der Waals surface area contributed by atoms with Crippen molar-refractivity contribution >= 4 is 5.97 Å². The minimum absolute atomic E-state index is 0.207. The Hall–Kier alpha value is -0.570. The van der Waals surface area contributed by atoms with Crippen molar-refractivity contribution in [2.75, 3.05) is 0 Å². The van der Waals surface area contributed by atoms with Gasteiger partial charge in [0.15, 0.2) is 5.60 Å². The zero-order valence-corrected chi connectivity index (χ0v) is 9.59. The van der Waals surface area contributed by atoms with E-state index in [0.29, 0.717) is 0 Å². The third-order valence-corrected chi connectivity index (χ3v) is 4.27. The molecule has 82 valence electrons. The largest absolute Gasteiger partial charge is 0.479 e. The lowest BCUT2D eigenvalue weighted by Crippen LogP contribution is -2.56. The molecule has 0 aromatic heterocycles. The molecule has 0 radical (unpaired) electrons. The molecule has 2 atom stereocenters. The van der Waals surface area contributed by atoms with Gasteiger partial charge in [-0.3, -0.25) is 0 Å². The molecule has 0 heterocycles. The van der Waals surface area contributed by atoms with Crippen LogP contribution in [0.15, 0.2) is 0 Å². The molecule has 2 unspecified atom stereocenters. The van der Waals surface area contributed by atoms with Crippen LogP contribution in [-0.4, -0.2) is 21.8 Å². The molecule has 2 N–H and O–H groups in total. The number of aliphatic carboxylic acids is 1. The van der Waals surface area contributed by atoms with Gasteiger partial charge in [0.1, 0.15) is 0 Å². The number of carboxylic acid groups (broad SMARTS) is 1. The van der Waals surface area contributed by atoms with Crippen LogP contribution in [0.1, 0.15) is 41.0 Å². The van der Waals surface area contributed by atoms with Crippen LogP contribution in [0.3, 0.4) is 0 Å². The van der Waals surface area contributed by atoms with Gasteiger partial charge in [-0.2, -0.15) is 0 Å². The monoisotopic (exact) mass is 200 g/mol. The second-order valence-electron chi connectivity index (χ2n) is 5.73. The molecule has 0 aliphatic heterocycles. The van der Waals surface area contributed by atoms with E-state index in [2.05, 4.69) is 0 Å². The maximum Gasteiger partial charge on any atom is 0.336 e. The molecule has 1 rings (SSSR count). The summed E-state index contributed by atoms with van der Waals surface area (Å²) in [6, 6.07) is 0. The lowest BCUT2D eigenvalue weighted by atomic mass is 9.67. The fourth-order valence-corrected chi connectivity index (χ4v) is 2.96. The van der Waals surface area contributed by atoms with Gasteiger partial charge in [-0.15, -0.1) is 0 Å². The Morgan fingerprint density at radius 1 is 1.29 bits per heavy atom. The van der Waals surface area contributed by atoms with Gasteiger partial charge in [0.25, 0.3) is 0 Å². The average molecular weight is 200 g/mol. The number of hydrogen-bond donors (Lipinski definition) is 2. The topological polar surface area (TPSA) is 57.5 Å². The molecular formula is C11H20O3.